The number of hydrogen-bond acceptors (Lipinski definition) is 6. The summed E-state index contributed by atoms with van der Waals surface area (Å²) in [4.78, 5) is 28.2. The van der Waals surface area contributed by atoms with Gasteiger partial charge in [-0.25, -0.2) is 0 Å². The van der Waals surface area contributed by atoms with E-state index in [-0.39, 0.29) is 38.5 Å². The lowest BCUT2D eigenvalue weighted by molar-refractivity contribution is -0.385. The van der Waals surface area contributed by atoms with Crippen molar-refractivity contribution in [2.24, 2.45) is 5.16 Å². The van der Waals surface area contributed by atoms with Crippen molar-refractivity contribution < 1.29 is 27.7 Å². The van der Waals surface area contributed by atoms with Crippen molar-refractivity contribution in [2.45, 2.75) is 24.2 Å². The van der Waals surface area contributed by atoms with Crippen molar-refractivity contribution >= 4 is 52.3 Å². The molecule has 33 heavy (non-hydrogen) atoms. The van der Waals surface area contributed by atoms with Crippen LogP contribution in [-0.2, 0) is 10.4 Å². The van der Waals surface area contributed by atoms with Crippen LogP contribution in [0.15, 0.2) is 41.6 Å². The largest absolute Gasteiger partial charge is 0.435 e. The molecule has 1 unspecified atom stereocenters. The first-order chi connectivity index (χ1) is 15.5. The lowest BCUT2D eigenvalue weighted by atomic mass is 9.86. The number of hydrogen-bond donors (Lipinski definition) is 1. The first-order valence-electron chi connectivity index (χ1n) is 9.46. The van der Waals surface area contributed by atoms with Crippen LogP contribution in [0.3, 0.4) is 0 Å². The fourth-order valence-corrected chi connectivity index (χ4v) is 4.66. The highest BCUT2D eigenvalue weighted by atomic mass is 35.5. The van der Waals surface area contributed by atoms with Crippen molar-refractivity contribution in [3.63, 3.8) is 0 Å². The molecular formula is C20H14Cl2F3N3O4S. The Morgan fingerprint density at radius 3 is 2.42 bits per heavy atom. The van der Waals surface area contributed by atoms with E-state index in [1.807, 2.05) is 0 Å². The minimum Gasteiger partial charge on any atom is -0.374 e. The topological polar surface area (TPSA) is 93.8 Å². The van der Waals surface area contributed by atoms with Crippen LogP contribution in [0.5, 0.6) is 0 Å². The Kier molecular flexibility index (Phi) is 6.23. The summed E-state index contributed by atoms with van der Waals surface area (Å²) in [6.45, 7) is 0. The number of nitrogens with one attached hydrogen (secondary N) is 1. The monoisotopic (exact) mass is 519 g/mol. The van der Waals surface area contributed by atoms with E-state index in [4.69, 9.17) is 28.0 Å². The molecule has 0 saturated carbocycles. The Hall–Kier alpha value is -2.50. The molecule has 7 nitrogen and oxygen atoms in total. The van der Waals surface area contributed by atoms with Crippen LogP contribution in [0.25, 0.3) is 0 Å². The predicted octanol–water partition coefficient (Wildman–Crippen LogP) is 5.33. The standard InChI is InChI=1S/C20H14Cl2F3N3O4S/c21-12-4-11(5-13(22)6-12)19(20(23,24)25)7-16(27-32-19)15-2-1-10(3-17(15)28(30)31)18(29)26-14-8-33-9-14/h1-6,14H,7-9H2,(H,26,29). The number of carbonyl (C=O) groups is 1. The predicted molar refractivity (Wildman–Crippen MR) is 118 cm³/mol. The molecule has 1 N–H and O–H groups in total. The zero-order valence-electron chi connectivity index (χ0n) is 16.5. The molecule has 0 aliphatic carbocycles. The van der Waals surface area contributed by atoms with Gasteiger partial charge < -0.3 is 10.2 Å². The lowest BCUT2D eigenvalue weighted by Gasteiger charge is -2.29. The van der Waals surface area contributed by atoms with Gasteiger partial charge in [-0.05, 0) is 30.3 Å². The molecule has 2 heterocycles. The van der Waals surface area contributed by atoms with E-state index in [2.05, 4.69) is 10.5 Å². The van der Waals surface area contributed by atoms with E-state index in [1.54, 1.807) is 11.8 Å². The van der Waals surface area contributed by atoms with Gasteiger partial charge in [-0.1, -0.05) is 28.4 Å². The number of nitro benzene ring substituents is 1. The molecule has 1 atom stereocenters. The van der Waals surface area contributed by atoms with Crippen LogP contribution in [0.1, 0.15) is 27.9 Å². The minimum atomic E-state index is -4.94. The SMILES string of the molecule is O=C(NC1CSC1)c1ccc(C2=NOC(c3cc(Cl)cc(Cl)c3)(C(F)(F)F)C2)c([N+](=O)[O-])c1. The molecule has 0 spiro atoms. The van der Waals surface area contributed by atoms with Gasteiger partial charge in [0.25, 0.3) is 17.2 Å². The Bertz CT molecular complexity index is 1150. The first-order valence-corrected chi connectivity index (χ1v) is 11.4. The lowest BCUT2D eigenvalue weighted by Crippen LogP contribution is -2.43. The van der Waals surface area contributed by atoms with Crippen molar-refractivity contribution in [2.75, 3.05) is 11.5 Å². The summed E-state index contributed by atoms with van der Waals surface area (Å²) in [6.07, 6.45) is -5.79. The van der Waals surface area contributed by atoms with E-state index in [0.717, 1.165) is 29.7 Å². The summed E-state index contributed by atoms with van der Waals surface area (Å²) in [5.74, 6) is 0.984. The Morgan fingerprint density at radius 2 is 1.88 bits per heavy atom. The van der Waals surface area contributed by atoms with E-state index in [9.17, 15) is 28.1 Å². The van der Waals surface area contributed by atoms with Crippen molar-refractivity contribution in [3.05, 3.63) is 73.2 Å². The summed E-state index contributed by atoms with van der Waals surface area (Å²) in [7, 11) is 0. The molecule has 174 valence electrons. The van der Waals surface area contributed by atoms with Gasteiger partial charge in [-0.3, -0.25) is 14.9 Å². The third-order valence-electron chi connectivity index (χ3n) is 5.26. The molecule has 0 aromatic heterocycles. The van der Waals surface area contributed by atoms with E-state index in [1.165, 1.54) is 18.2 Å². The number of benzene rings is 2. The maximum Gasteiger partial charge on any atom is 0.435 e. The summed E-state index contributed by atoms with van der Waals surface area (Å²) in [5.41, 5.74) is -4.33. The van der Waals surface area contributed by atoms with Gasteiger partial charge in [0, 0.05) is 44.8 Å². The molecule has 1 fully saturated rings. The number of thioether (sulfide) groups is 1. The molecule has 1 saturated heterocycles. The maximum absolute atomic E-state index is 14.2. The Labute approximate surface area is 199 Å². The van der Waals surface area contributed by atoms with Crippen molar-refractivity contribution in [1.29, 1.82) is 0 Å². The van der Waals surface area contributed by atoms with Crippen LogP contribution in [0, 0.1) is 10.1 Å². The second-order valence-electron chi connectivity index (χ2n) is 7.49. The van der Waals surface area contributed by atoms with Crippen LogP contribution in [-0.4, -0.2) is 40.3 Å². The zero-order valence-corrected chi connectivity index (χ0v) is 18.8. The van der Waals surface area contributed by atoms with Gasteiger partial charge in [0.05, 0.1) is 22.6 Å². The number of nitro groups is 1. The molecule has 4 rings (SSSR count). The minimum absolute atomic E-state index is 0.0190. The highest BCUT2D eigenvalue weighted by Crippen LogP contribution is 2.50. The third-order valence-corrected chi connectivity index (χ3v) is 6.97. The molecule has 2 aliphatic rings. The fraction of sp³-hybridized carbons (Fsp3) is 0.300. The smallest absolute Gasteiger partial charge is 0.374 e. The van der Waals surface area contributed by atoms with E-state index in [0.29, 0.717) is 0 Å². The quantitative estimate of drug-likeness (QED) is 0.425. The normalized spacial score (nSPS) is 20.6. The fourth-order valence-electron chi connectivity index (χ4n) is 3.49. The highest BCUT2D eigenvalue weighted by molar-refractivity contribution is 8.00. The number of amides is 1. The number of alkyl halides is 3. The van der Waals surface area contributed by atoms with Gasteiger partial charge >= 0.3 is 6.18 Å². The highest BCUT2D eigenvalue weighted by Gasteiger charge is 2.62. The second kappa shape index (κ2) is 8.69. The third kappa shape index (κ3) is 4.49. The van der Waals surface area contributed by atoms with Crippen LogP contribution in [0.2, 0.25) is 10.0 Å². The number of nitrogens with zero attached hydrogens (tertiary/aromatic N) is 2. The molecule has 2 aromatic carbocycles. The number of rotatable bonds is 5. The molecule has 2 aromatic rings. The summed E-state index contributed by atoms with van der Waals surface area (Å²) in [5, 5.41) is 17.9. The zero-order chi connectivity index (χ0) is 24.0. The molecule has 2 aliphatic heterocycles. The first kappa shape index (κ1) is 23.7. The average Bonchev–Trinajstić information content (AvgIpc) is 3.16. The van der Waals surface area contributed by atoms with Gasteiger partial charge in [0.1, 0.15) is 0 Å². The van der Waals surface area contributed by atoms with Gasteiger partial charge in [-0.15, -0.1) is 0 Å². The van der Waals surface area contributed by atoms with Gasteiger partial charge in [-0.2, -0.15) is 24.9 Å². The number of carbonyl (C=O) groups excluding carboxylic acids is 1. The summed E-state index contributed by atoms with van der Waals surface area (Å²) >= 11 is 13.4. The Morgan fingerprint density at radius 1 is 1.21 bits per heavy atom. The molecule has 0 bridgehead atoms. The average molecular weight is 520 g/mol. The number of halogens is 5. The molecule has 0 radical (unpaired) electrons. The van der Waals surface area contributed by atoms with Crippen molar-refractivity contribution in [3.8, 4) is 0 Å². The van der Waals surface area contributed by atoms with Gasteiger partial charge in [0.15, 0.2) is 0 Å². The Balaban J connectivity index is 1.69. The molecular weight excluding hydrogens is 506 g/mol. The van der Waals surface area contributed by atoms with Crippen molar-refractivity contribution in [1.82, 2.24) is 5.32 Å². The molecule has 1 amide bonds. The van der Waals surface area contributed by atoms with E-state index >= 15 is 0 Å². The summed E-state index contributed by atoms with van der Waals surface area (Å²) < 4.78 is 42.5. The van der Waals surface area contributed by atoms with Crippen LogP contribution in [0.4, 0.5) is 18.9 Å². The second-order valence-corrected chi connectivity index (χ2v) is 9.43. The van der Waals surface area contributed by atoms with Gasteiger partial charge in [0.2, 0.25) is 0 Å². The molecule has 13 heteroatoms. The van der Waals surface area contributed by atoms with E-state index < -0.39 is 34.7 Å². The van der Waals surface area contributed by atoms with Crippen LogP contribution >= 0.6 is 35.0 Å². The summed E-state index contributed by atoms with van der Waals surface area (Å²) in [6, 6.07) is 6.87. The maximum atomic E-state index is 14.2. The van der Waals surface area contributed by atoms with Crippen LogP contribution < -0.4 is 5.32 Å². The number of oxime groups is 1.